The van der Waals surface area contributed by atoms with Crippen LogP contribution in [0.5, 0.6) is 17.2 Å². The Labute approximate surface area is 122 Å². The highest BCUT2D eigenvalue weighted by atomic mass is 32.1. The van der Waals surface area contributed by atoms with Gasteiger partial charge in [-0.1, -0.05) is 48.5 Å². The molecular formula is C17H14O2S. The van der Waals surface area contributed by atoms with Gasteiger partial charge in [0.05, 0.1) is 0 Å². The number of hydrogen-bond acceptors (Lipinski definition) is 3. The van der Waals surface area contributed by atoms with Gasteiger partial charge in [-0.05, 0) is 17.7 Å². The zero-order chi connectivity index (χ0) is 13.6. The smallest absolute Gasteiger partial charge is 0.179 e. The first-order valence-electron chi connectivity index (χ1n) is 6.37. The fourth-order valence-corrected chi connectivity index (χ4v) is 2.47. The molecule has 0 aliphatic heterocycles. The van der Waals surface area contributed by atoms with Crippen LogP contribution in [-0.4, -0.2) is 0 Å². The molecule has 0 bridgehead atoms. The average Bonchev–Trinajstić information content (AvgIpc) is 2.94. The molecule has 0 aliphatic carbocycles. The van der Waals surface area contributed by atoms with Gasteiger partial charge in [-0.15, -0.1) is 11.3 Å². The van der Waals surface area contributed by atoms with Gasteiger partial charge in [-0.2, -0.15) is 0 Å². The van der Waals surface area contributed by atoms with Crippen molar-refractivity contribution in [3.05, 3.63) is 77.0 Å². The Hall–Kier alpha value is -2.26. The molecule has 2 aromatic carbocycles. The van der Waals surface area contributed by atoms with Gasteiger partial charge in [0.1, 0.15) is 12.4 Å². The lowest BCUT2D eigenvalue weighted by Gasteiger charge is -2.08. The predicted molar refractivity (Wildman–Crippen MR) is 81.6 cm³/mol. The van der Waals surface area contributed by atoms with E-state index in [-0.39, 0.29) is 0 Å². The Kier molecular flexibility index (Phi) is 3.99. The molecule has 0 aliphatic rings. The Balaban J connectivity index is 1.68. The van der Waals surface area contributed by atoms with Crippen LogP contribution in [0.4, 0.5) is 0 Å². The Morgan fingerprint density at radius 3 is 2.15 bits per heavy atom. The van der Waals surface area contributed by atoms with Crippen LogP contribution in [0.1, 0.15) is 5.56 Å². The zero-order valence-electron chi connectivity index (χ0n) is 10.9. The van der Waals surface area contributed by atoms with Gasteiger partial charge in [0.2, 0.25) is 0 Å². The summed E-state index contributed by atoms with van der Waals surface area (Å²) in [5, 5.41) is 3.91. The summed E-state index contributed by atoms with van der Waals surface area (Å²) in [6, 6.07) is 19.8. The molecule has 0 saturated heterocycles. The van der Waals surface area contributed by atoms with Crippen molar-refractivity contribution < 1.29 is 9.47 Å². The molecule has 1 aromatic heterocycles. The first kappa shape index (κ1) is 12.8. The molecule has 0 unspecified atom stereocenters. The van der Waals surface area contributed by atoms with Crippen molar-refractivity contribution in [1.82, 2.24) is 0 Å². The fraction of sp³-hybridized carbons (Fsp3) is 0.0588. The van der Waals surface area contributed by atoms with Crippen LogP contribution in [0, 0.1) is 0 Å². The van der Waals surface area contributed by atoms with Crippen molar-refractivity contribution in [3.8, 4) is 17.2 Å². The summed E-state index contributed by atoms with van der Waals surface area (Å²) in [5.41, 5.74) is 1.14. The Morgan fingerprint density at radius 2 is 1.40 bits per heavy atom. The molecule has 0 fully saturated rings. The first-order valence-corrected chi connectivity index (χ1v) is 7.32. The highest BCUT2D eigenvalue weighted by molar-refractivity contribution is 7.08. The van der Waals surface area contributed by atoms with Gasteiger partial charge in [0.25, 0.3) is 0 Å². The lowest BCUT2D eigenvalue weighted by atomic mass is 10.2. The maximum absolute atomic E-state index is 5.82. The van der Waals surface area contributed by atoms with Crippen molar-refractivity contribution in [1.29, 1.82) is 0 Å². The zero-order valence-corrected chi connectivity index (χ0v) is 11.7. The normalized spacial score (nSPS) is 10.2. The molecule has 0 atom stereocenters. The van der Waals surface area contributed by atoms with Gasteiger partial charge in [0.15, 0.2) is 11.5 Å². The first-order chi connectivity index (χ1) is 9.92. The molecule has 100 valence electrons. The number of para-hydroxylation sites is 1. The van der Waals surface area contributed by atoms with E-state index in [2.05, 4.69) is 0 Å². The van der Waals surface area contributed by atoms with E-state index in [9.17, 15) is 0 Å². The minimum atomic E-state index is 0.544. The summed E-state index contributed by atoms with van der Waals surface area (Å²) in [4.78, 5) is 0. The van der Waals surface area contributed by atoms with Gasteiger partial charge >= 0.3 is 0 Å². The van der Waals surface area contributed by atoms with E-state index in [1.54, 1.807) is 11.3 Å². The van der Waals surface area contributed by atoms with Gasteiger partial charge in [-0.3, -0.25) is 0 Å². The molecule has 0 saturated carbocycles. The standard InChI is InChI=1S/C17H14O2S/c1-3-7-14(8-4-1)11-18-16-12-20-13-17(16)19-15-9-5-2-6-10-15/h1-10,12-13H,11H2. The molecule has 0 amide bonds. The van der Waals surface area contributed by atoms with Crippen LogP contribution >= 0.6 is 11.3 Å². The fourth-order valence-electron chi connectivity index (χ4n) is 1.80. The second kappa shape index (κ2) is 6.26. The SMILES string of the molecule is c1ccc(COc2cscc2Oc2ccccc2)cc1. The number of hydrogen-bond donors (Lipinski definition) is 0. The maximum atomic E-state index is 5.82. The van der Waals surface area contributed by atoms with Crippen molar-refractivity contribution in [2.45, 2.75) is 6.61 Å². The quantitative estimate of drug-likeness (QED) is 0.646. The van der Waals surface area contributed by atoms with E-state index in [1.807, 2.05) is 71.4 Å². The topological polar surface area (TPSA) is 18.5 Å². The van der Waals surface area contributed by atoms with Gasteiger partial charge in [-0.25, -0.2) is 0 Å². The van der Waals surface area contributed by atoms with Crippen LogP contribution in [-0.2, 0) is 6.61 Å². The minimum absolute atomic E-state index is 0.544. The minimum Gasteiger partial charge on any atom is -0.484 e. The number of ether oxygens (including phenoxy) is 2. The molecular weight excluding hydrogens is 268 g/mol. The number of thiophene rings is 1. The predicted octanol–water partition coefficient (Wildman–Crippen LogP) is 5.12. The molecule has 1 heterocycles. The molecule has 20 heavy (non-hydrogen) atoms. The van der Waals surface area contributed by atoms with Gasteiger partial charge in [0, 0.05) is 10.8 Å². The van der Waals surface area contributed by atoms with Crippen LogP contribution in [0.2, 0.25) is 0 Å². The third-order valence-electron chi connectivity index (χ3n) is 2.80. The Morgan fingerprint density at radius 1 is 0.750 bits per heavy atom. The largest absolute Gasteiger partial charge is 0.484 e. The van der Waals surface area contributed by atoms with Crippen LogP contribution in [0.3, 0.4) is 0 Å². The molecule has 3 heteroatoms. The van der Waals surface area contributed by atoms with E-state index in [1.165, 1.54) is 0 Å². The molecule has 3 rings (SSSR count). The molecule has 0 radical (unpaired) electrons. The van der Waals surface area contributed by atoms with E-state index < -0.39 is 0 Å². The molecule has 3 aromatic rings. The van der Waals surface area contributed by atoms with Crippen molar-refractivity contribution in [2.24, 2.45) is 0 Å². The molecule has 2 nitrogen and oxygen atoms in total. The molecule has 0 spiro atoms. The summed E-state index contributed by atoms with van der Waals surface area (Å²) >= 11 is 1.57. The van der Waals surface area contributed by atoms with E-state index >= 15 is 0 Å². The average molecular weight is 282 g/mol. The summed E-state index contributed by atoms with van der Waals surface area (Å²) in [5.74, 6) is 2.36. The highest BCUT2D eigenvalue weighted by Gasteiger charge is 2.07. The summed E-state index contributed by atoms with van der Waals surface area (Å²) < 4.78 is 11.6. The van der Waals surface area contributed by atoms with E-state index in [0.29, 0.717) is 6.61 Å². The lowest BCUT2D eigenvalue weighted by molar-refractivity contribution is 0.293. The van der Waals surface area contributed by atoms with Crippen LogP contribution < -0.4 is 9.47 Å². The number of rotatable bonds is 5. The van der Waals surface area contributed by atoms with Gasteiger partial charge < -0.3 is 9.47 Å². The van der Waals surface area contributed by atoms with E-state index in [4.69, 9.17) is 9.47 Å². The third kappa shape index (κ3) is 3.19. The van der Waals surface area contributed by atoms with Crippen molar-refractivity contribution >= 4 is 11.3 Å². The monoisotopic (exact) mass is 282 g/mol. The second-order valence-electron chi connectivity index (χ2n) is 4.29. The summed E-state index contributed by atoms with van der Waals surface area (Å²) in [6.45, 7) is 0.544. The van der Waals surface area contributed by atoms with E-state index in [0.717, 1.165) is 22.8 Å². The third-order valence-corrected chi connectivity index (χ3v) is 3.50. The summed E-state index contributed by atoms with van der Waals surface area (Å²) in [7, 11) is 0. The van der Waals surface area contributed by atoms with Crippen molar-refractivity contribution in [3.63, 3.8) is 0 Å². The highest BCUT2D eigenvalue weighted by Crippen LogP contribution is 2.35. The lowest BCUT2D eigenvalue weighted by Crippen LogP contribution is -1.95. The maximum Gasteiger partial charge on any atom is 0.179 e. The van der Waals surface area contributed by atoms with Crippen LogP contribution in [0.15, 0.2) is 71.4 Å². The molecule has 0 N–H and O–H groups in total. The number of benzene rings is 2. The summed E-state index contributed by atoms with van der Waals surface area (Å²) in [6.07, 6.45) is 0. The van der Waals surface area contributed by atoms with Crippen molar-refractivity contribution in [2.75, 3.05) is 0 Å². The second-order valence-corrected chi connectivity index (χ2v) is 5.03. The Bertz CT molecular complexity index is 647. The van der Waals surface area contributed by atoms with Crippen LogP contribution in [0.25, 0.3) is 0 Å².